The molecule has 1 aromatic carbocycles. The van der Waals surface area contributed by atoms with E-state index in [2.05, 4.69) is 22.8 Å². The lowest BCUT2D eigenvalue weighted by Gasteiger charge is -2.32. The summed E-state index contributed by atoms with van der Waals surface area (Å²) in [5.41, 5.74) is 1.16. The van der Waals surface area contributed by atoms with Crippen molar-refractivity contribution in [2.45, 2.75) is 13.0 Å². The number of para-hydroxylation sites is 1. The van der Waals surface area contributed by atoms with E-state index in [-0.39, 0.29) is 5.91 Å². The van der Waals surface area contributed by atoms with Crippen molar-refractivity contribution in [2.24, 2.45) is 0 Å². The molecule has 110 valence electrons. The topological polar surface area (TPSA) is 45.6 Å². The third-order valence-corrected chi connectivity index (χ3v) is 4.06. The zero-order valence-electron chi connectivity index (χ0n) is 11.9. The van der Waals surface area contributed by atoms with Crippen molar-refractivity contribution in [3.63, 3.8) is 0 Å². The minimum atomic E-state index is 0.165. The van der Waals surface area contributed by atoms with Crippen molar-refractivity contribution in [3.05, 3.63) is 36.5 Å². The second kappa shape index (κ2) is 5.99. The fourth-order valence-electron chi connectivity index (χ4n) is 2.79. The number of aromatic nitrogens is 1. The molecule has 1 saturated heterocycles. The maximum absolute atomic E-state index is 12.2. The van der Waals surface area contributed by atoms with Crippen LogP contribution in [-0.4, -0.2) is 52.9 Å². The second-order valence-electron chi connectivity index (χ2n) is 5.34. The number of carbonyl (C=O) groups is 2. The second-order valence-corrected chi connectivity index (χ2v) is 5.34. The quantitative estimate of drug-likeness (QED) is 0.796. The number of benzene rings is 1. The smallest absolute Gasteiger partial charge is 0.224 e. The molecule has 2 aromatic rings. The lowest BCUT2D eigenvalue weighted by molar-refractivity contribution is -0.135. The van der Waals surface area contributed by atoms with Crippen molar-refractivity contribution in [2.75, 3.05) is 26.2 Å². The van der Waals surface area contributed by atoms with E-state index in [0.29, 0.717) is 39.1 Å². The highest BCUT2D eigenvalue weighted by molar-refractivity contribution is 5.80. The molecule has 0 N–H and O–H groups in total. The van der Waals surface area contributed by atoms with Crippen molar-refractivity contribution in [1.82, 2.24) is 14.4 Å². The molecule has 2 heterocycles. The van der Waals surface area contributed by atoms with Crippen LogP contribution in [0.1, 0.15) is 6.42 Å². The van der Waals surface area contributed by atoms with Crippen LogP contribution in [0, 0.1) is 0 Å². The van der Waals surface area contributed by atoms with Crippen LogP contribution < -0.4 is 0 Å². The molecule has 3 rings (SSSR count). The van der Waals surface area contributed by atoms with Crippen LogP contribution in [0.3, 0.4) is 0 Å². The summed E-state index contributed by atoms with van der Waals surface area (Å²) in [5, 5.41) is 1.20. The van der Waals surface area contributed by atoms with Gasteiger partial charge in [-0.3, -0.25) is 9.59 Å². The summed E-state index contributed by atoms with van der Waals surface area (Å²) in [6, 6.07) is 10.3. The maximum Gasteiger partial charge on any atom is 0.224 e. The molecule has 1 aliphatic heterocycles. The van der Waals surface area contributed by atoms with Gasteiger partial charge in [0.05, 0.1) is 0 Å². The molecule has 5 heteroatoms. The molecule has 1 aliphatic rings. The summed E-state index contributed by atoms with van der Waals surface area (Å²) in [5.74, 6) is 0.165. The van der Waals surface area contributed by atoms with Gasteiger partial charge in [-0.1, -0.05) is 18.2 Å². The van der Waals surface area contributed by atoms with Gasteiger partial charge in [0, 0.05) is 50.9 Å². The standard InChI is InChI=1S/C16H19N3O2/c20-13-17-9-11-19(12-10-17)16(21)6-8-18-7-5-14-3-1-2-4-15(14)18/h1-5,7,13H,6,8-12H2. The Hall–Kier alpha value is -2.30. The molecule has 0 aliphatic carbocycles. The van der Waals surface area contributed by atoms with E-state index >= 15 is 0 Å². The summed E-state index contributed by atoms with van der Waals surface area (Å²) in [4.78, 5) is 26.5. The normalized spacial score (nSPS) is 15.4. The first-order valence-electron chi connectivity index (χ1n) is 7.29. The SMILES string of the molecule is O=CN1CCN(C(=O)CCn2ccc3ccccc32)CC1. The van der Waals surface area contributed by atoms with E-state index in [0.717, 1.165) is 11.9 Å². The average Bonchev–Trinajstić information content (AvgIpc) is 2.96. The van der Waals surface area contributed by atoms with Crippen LogP contribution in [0.15, 0.2) is 36.5 Å². The van der Waals surface area contributed by atoms with E-state index in [4.69, 9.17) is 0 Å². The van der Waals surface area contributed by atoms with E-state index in [1.165, 1.54) is 5.39 Å². The van der Waals surface area contributed by atoms with Crippen molar-refractivity contribution in [1.29, 1.82) is 0 Å². The number of fused-ring (bicyclic) bond motifs is 1. The molecule has 0 unspecified atom stereocenters. The van der Waals surface area contributed by atoms with Crippen LogP contribution in [-0.2, 0) is 16.1 Å². The Labute approximate surface area is 123 Å². The lowest BCUT2D eigenvalue weighted by atomic mass is 10.2. The molecule has 21 heavy (non-hydrogen) atoms. The van der Waals surface area contributed by atoms with Gasteiger partial charge in [0.1, 0.15) is 0 Å². The van der Waals surface area contributed by atoms with Crippen LogP contribution in [0.5, 0.6) is 0 Å². The zero-order valence-corrected chi connectivity index (χ0v) is 11.9. The molecule has 0 atom stereocenters. The molecule has 0 bridgehead atoms. The van der Waals surface area contributed by atoms with Gasteiger partial charge >= 0.3 is 0 Å². The highest BCUT2D eigenvalue weighted by atomic mass is 16.2. The fraction of sp³-hybridized carbons (Fsp3) is 0.375. The van der Waals surface area contributed by atoms with Gasteiger partial charge in [-0.15, -0.1) is 0 Å². The van der Waals surface area contributed by atoms with Gasteiger partial charge in [0.15, 0.2) is 0 Å². The first kappa shape index (κ1) is 13.7. The summed E-state index contributed by atoms with van der Waals surface area (Å²) in [6.45, 7) is 3.26. The van der Waals surface area contributed by atoms with Gasteiger partial charge in [0.25, 0.3) is 0 Å². The monoisotopic (exact) mass is 285 g/mol. The van der Waals surface area contributed by atoms with Gasteiger partial charge in [-0.2, -0.15) is 0 Å². The highest BCUT2D eigenvalue weighted by Crippen LogP contribution is 2.15. The number of nitrogens with zero attached hydrogens (tertiary/aromatic N) is 3. The largest absolute Gasteiger partial charge is 0.347 e. The third-order valence-electron chi connectivity index (χ3n) is 4.06. The van der Waals surface area contributed by atoms with Crippen molar-refractivity contribution in [3.8, 4) is 0 Å². The molecule has 5 nitrogen and oxygen atoms in total. The fourth-order valence-corrected chi connectivity index (χ4v) is 2.79. The summed E-state index contributed by atoms with van der Waals surface area (Å²) < 4.78 is 2.12. The summed E-state index contributed by atoms with van der Waals surface area (Å²) in [6.07, 6.45) is 3.38. The zero-order chi connectivity index (χ0) is 14.7. The molecule has 0 radical (unpaired) electrons. The molecular formula is C16H19N3O2. The predicted molar refractivity (Wildman–Crippen MR) is 80.8 cm³/mol. The Kier molecular flexibility index (Phi) is 3.90. The third kappa shape index (κ3) is 2.91. The Balaban J connectivity index is 1.58. The van der Waals surface area contributed by atoms with E-state index in [1.807, 2.05) is 23.2 Å². The van der Waals surface area contributed by atoms with E-state index in [1.54, 1.807) is 4.90 Å². The maximum atomic E-state index is 12.2. The Morgan fingerprint density at radius 3 is 2.62 bits per heavy atom. The summed E-state index contributed by atoms with van der Waals surface area (Å²) >= 11 is 0. The number of amides is 2. The Morgan fingerprint density at radius 1 is 1.10 bits per heavy atom. The van der Waals surface area contributed by atoms with Gasteiger partial charge in [-0.05, 0) is 17.5 Å². The van der Waals surface area contributed by atoms with Crippen molar-refractivity contribution < 1.29 is 9.59 Å². The van der Waals surface area contributed by atoms with Crippen molar-refractivity contribution >= 4 is 23.2 Å². The highest BCUT2D eigenvalue weighted by Gasteiger charge is 2.19. The van der Waals surface area contributed by atoms with E-state index < -0.39 is 0 Å². The van der Waals surface area contributed by atoms with Gasteiger partial charge < -0.3 is 14.4 Å². The summed E-state index contributed by atoms with van der Waals surface area (Å²) in [7, 11) is 0. The van der Waals surface area contributed by atoms with Crippen LogP contribution >= 0.6 is 0 Å². The first-order valence-corrected chi connectivity index (χ1v) is 7.29. The Bertz CT molecular complexity index is 642. The van der Waals surface area contributed by atoms with Crippen LogP contribution in [0.4, 0.5) is 0 Å². The first-order chi connectivity index (χ1) is 10.3. The number of hydrogen-bond acceptors (Lipinski definition) is 2. The molecule has 0 spiro atoms. The molecule has 2 amide bonds. The van der Waals surface area contributed by atoms with E-state index in [9.17, 15) is 9.59 Å². The predicted octanol–water partition coefficient (Wildman–Crippen LogP) is 1.33. The lowest BCUT2D eigenvalue weighted by Crippen LogP contribution is -2.48. The number of rotatable bonds is 4. The number of hydrogen-bond donors (Lipinski definition) is 0. The van der Waals surface area contributed by atoms with Crippen LogP contribution in [0.25, 0.3) is 10.9 Å². The molecular weight excluding hydrogens is 266 g/mol. The molecule has 1 fully saturated rings. The molecule has 1 aromatic heterocycles. The number of aryl methyl sites for hydroxylation is 1. The van der Waals surface area contributed by atoms with Gasteiger partial charge in [0.2, 0.25) is 12.3 Å². The van der Waals surface area contributed by atoms with Crippen LogP contribution in [0.2, 0.25) is 0 Å². The van der Waals surface area contributed by atoms with Gasteiger partial charge in [-0.25, -0.2) is 0 Å². The molecule has 0 saturated carbocycles. The minimum absolute atomic E-state index is 0.165. The number of carbonyl (C=O) groups excluding carboxylic acids is 2. The minimum Gasteiger partial charge on any atom is -0.347 e. The Morgan fingerprint density at radius 2 is 1.86 bits per heavy atom. The number of piperazine rings is 1. The average molecular weight is 285 g/mol.